The predicted octanol–water partition coefficient (Wildman–Crippen LogP) is 3.17. The number of ether oxygens (including phenoxy) is 1. The van der Waals surface area contributed by atoms with Crippen LogP contribution >= 0.6 is 0 Å². The standard InChI is InChI=1S/C26H32F3N5O4S/c1-4-34-9-7-25(16-30,8-10-34)32-24(35)20-12-19(13-22(20)38-3)39(36,37)23-6-5-17(11-21(23)26(27,28)29)18-14-31-33(2)15-18/h5-6,11,14-15,19-20,22H,4,7-10,12-13H2,1-3H3,(H,32,35)/t19-,20?,22-/m0/s1. The number of hydrogen-bond donors (Lipinski definition) is 1. The van der Waals surface area contributed by atoms with E-state index in [1.165, 1.54) is 30.3 Å². The van der Waals surface area contributed by atoms with E-state index in [9.17, 15) is 31.6 Å². The molecule has 39 heavy (non-hydrogen) atoms. The molecule has 2 fully saturated rings. The van der Waals surface area contributed by atoms with Crippen LogP contribution in [0.5, 0.6) is 0 Å². The van der Waals surface area contributed by atoms with Crippen LogP contribution in [0.15, 0.2) is 35.5 Å². The largest absolute Gasteiger partial charge is 0.417 e. The Balaban J connectivity index is 1.59. The molecule has 0 radical (unpaired) electrons. The van der Waals surface area contributed by atoms with Crippen molar-refractivity contribution in [3.8, 4) is 17.2 Å². The first-order valence-electron chi connectivity index (χ1n) is 12.8. The summed E-state index contributed by atoms with van der Waals surface area (Å²) < 4.78 is 76.4. The van der Waals surface area contributed by atoms with Gasteiger partial charge in [0.05, 0.1) is 40.0 Å². The lowest BCUT2D eigenvalue weighted by Gasteiger charge is -2.38. The number of benzene rings is 1. The maximum Gasteiger partial charge on any atom is 0.417 e. The van der Waals surface area contributed by atoms with Crippen LogP contribution in [0.4, 0.5) is 13.2 Å². The summed E-state index contributed by atoms with van der Waals surface area (Å²) in [6.45, 7) is 4.10. The summed E-state index contributed by atoms with van der Waals surface area (Å²) in [6.07, 6.45) is -2.32. The third-order valence-electron chi connectivity index (χ3n) is 7.90. The second-order valence-electron chi connectivity index (χ2n) is 10.2. The van der Waals surface area contributed by atoms with E-state index in [1.807, 2.05) is 6.92 Å². The van der Waals surface area contributed by atoms with Crippen LogP contribution in [-0.4, -0.2) is 72.6 Å². The number of piperidine rings is 1. The lowest BCUT2D eigenvalue weighted by molar-refractivity contribution is -0.139. The molecular weight excluding hydrogens is 535 g/mol. The van der Waals surface area contributed by atoms with Crippen molar-refractivity contribution >= 4 is 15.7 Å². The number of carbonyl (C=O) groups excluding carboxylic acids is 1. The average molecular weight is 568 g/mol. The Labute approximate surface area is 225 Å². The second kappa shape index (κ2) is 10.9. The van der Waals surface area contributed by atoms with Gasteiger partial charge in [0.25, 0.3) is 0 Å². The van der Waals surface area contributed by atoms with Crippen molar-refractivity contribution < 1.29 is 31.1 Å². The van der Waals surface area contributed by atoms with Crippen molar-refractivity contribution in [1.82, 2.24) is 20.0 Å². The number of nitrogens with zero attached hydrogens (tertiary/aromatic N) is 4. The number of likely N-dealkylation sites (tertiary alicyclic amines) is 1. The molecule has 1 amide bonds. The lowest BCUT2D eigenvalue weighted by atomic mass is 9.88. The number of methoxy groups -OCH3 is 1. The molecule has 0 spiro atoms. The van der Waals surface area contributed by atoms with Gasteiger partial charge in [-0.25, -0.2) is 8.42 Å². The molecule has 1 aromatic carbocycles. The Morgan fingerprint density at radius 2 is 1.95 bits per heavy atom. The Morgan fingerprint density at radius 1 is 1.26 bits per heavy atom. The number of nitrogens with one attached hydrogen (secondary N) is 1. The van der Waals surface area contributed by atoms with Gasteiger partial charge < -0.3 is 15.0 Å². The summed E-state index contributed by atoms with van der Waals surface area (Å²) in [5, 5.41) is 15.4. The van der Waals surface area contributed by atoms with Crippen LogP contribution in [0, 0.1) is 17.2 Å². The monoisotopic (exact) mass is 567 g/mol. The van der Waals surface area contributed by atoms with Gasteiger partial charge in [-0.3, -0.25) is 9.48 Å². The molecule has 1 aromatic heterocycles. The summed E-state index contributed by atoms with van der Waals surface area (Å²) in [4.78, 5) is 14.6. The van der Waals surface area contributed by atoms with E-state index in [-0.39, 0.29) is 18.4 Å². The summed E-state index contributed by atoms with van der Waals surface area (Å²) in [5.74, 6) is -1.44. The molecule has 1 saturated carbocycles. The number of halogens is 3. The molecule has 2 heterocycles. The molecule has 13 heteroatoms. The molecule has 1 N–H and O–H groups in total. The molecule has 1 aliphatic carbocycles. The van der Waals surface area contributed by atoms with E-state index in [1.54, 1.807) is 7.05 Å². The van der Waals surface area contributed by atoms with E-state index in [2.05, 4.69) is 21.4 Å². The SMILES string of the molecule is CCN1CCC(C#N)(NC(=O)C2C[C@H](S(=O)(=O)c3ccc(-c4cnn(C)c4)cc3C(F)(F)F)C[C@@H]2OC)CC1. The Morgan fingerprint density at radius 3 is 2.49 bits per heavy atom. The van der Waals surface area contributed by atoms with E-state index >= 15 is 0 Å². The zero-order valence-electron chi connectivity index (χ0n) is 22.0. The number of rotatable bonds is 7. The molecule has 0 bridgehead atoms. The first-order chi connectivity index (χ1) is 18.3. The molecular formula is C26H32F3N5O4S. The lowest BCUT2D eigenvalue weighted by Crippen LogP contribution is -2.56. The van der Waals surface area contributed by atoms with Gasteiger partial charge in [-0.05, 0) is 49.9 Å². The molecule has 1 unspecified atom stereocenters. The van der Waals surface area contributed by atoms with E-state index in [0.717, 1.165) is 18.7 Å². The number of nitriles is 1. The summed E-state index contributed by atoms with van der Waals surface area (Å²) in [5.41, 5.74) is -1.75. The average Bonchev–Trinajstić information content (AvgIpc) is 3.55. The fourth-order valence-electron chi connectivity index (χ4n) is 5.52. The van der Waals surface area contributed by atoms with E-state index in [4.69, 9.17) is 4.74 Å². The zero-order chi connectivity index (χ0) is 28.6. The van der Waals surface area contributed by atoms with Crippen molar-refractivity contribution in [1.29, 1.82) is 5.26 Å². The number of aromatic nitrogens is 2. The van der Waals surface area contributed by atoms with Crippen molar-refractivity contribution in [2.75, 3.05) is 26.7 Å². The van der Waals surface area contributed by atoms with Crippen LogP contribution in [-0.2, 0) is 32.6 Å². The summed E-state index contributed by atoms with van der Waals surface area (Å²) in [6, 6.07) is 5.33. The van der Waals surface area contributed by atoms with Gasteiger partial charge in [0.1, 0.15) is 5.54 Å². The fourth-order valence-corrected chi connectivity index (χ4v) is 7.52. The van der Waals surface area contributed by atoms with Gasteiger partial charge in [0, 0.05) is 39.0 Å². The quantitative estimate of drug-likeness (QED) is 0.546. The second-order valence-corrected chi connectivity index (χ2v) is 12.4. The summed E-state index contributed by atoms with van der Waals surface area (Å²) >= 11 is 0. The first-order valence-corrected chi connectivity index (χ1v) is 14.3. The number of carbonyl (C=O) groups is 1. The Bertz CT molecular complexity index is 1360. The number of sulfone groups is 1. The highest BCUT2D eigenvalue weighted by Gasteiger charge is 2.49. The van der Waals surface area contributed by atoms with Crippen LogP contribution in [0.3, 0.4) is 0 Å². The van der Waals surface area contributed by atoms with Crippen molar-refractivity contribution in [3.63, 3.8) is 0 Å². The van der Waals surface area contributed by atoms with Crippen molar-refractivity contribution in [3.05, 3.63) is 36.2 Å². The Kier molecular flexibility index (Phi) is 8.12. The highest BCUT2D eigenvalue weighted by molar-refractivity contribution is 7.92. The van der Waals surface area contributed by atoms with Crippen molar-refractivity contribution in [2.24, 2.45) is 13.0 Å². The Hall–Kier alpha value is -2.95. The van der Waals surface area contributed by atoms with E-state index in [0.29, 0.717) is 31.5 Å². The molecule has 2 aliphatic rings. The number of amides is 1. The maximum atomic E-state index is 14.1. The molecule has 1 aliphatic heterocycles. The minimum atomic E-state index is -4.93. The topological polar surface area (TPSA) is 117 Å². The highest BCUT2D eigenvalue weighted by Crippen LogP contribution is 2.42. The van der Waals surface area contributed by atoms with Gasteiger partial charge in [0.2, 0.25) is 5.91 Å². The van der Waals surface area contributed by atoms with Gasteiger partial charge in [-0.2, -0.15) is 23.5 Å². The molecule has 2 aromatic rings. The first kappa shape index (κ1) is 29.0. The third-order valence-corrected chi connectivity index (χ3v) is 10.1. The number of hydrogen-bond acceptors (Lipinski definition) is 7. The highest BCUT2D eigenvalue weighted by atomic mass is 32.2. The fraction of sp³-hybridized carbons (Fsp3) is 0.577. The van der Waals surface area contributed by atoms with Gasteiger partial charge in [-0.1, -0.05) is 13.0 Å². The van der Waals surface area contributed by atoms with Gasteiger partial charge in [-0.15, -0.1) is 0 Å². The molecule has 212 valence electrons. The minimum absolute atomic E-state index is 0.137. The number of alkyl halides is 3. The molecule has 9 nitrogen and oxygen atoms in total. The van der Waals surface area contributed by atoms with Crippen LogP contribution in [0.1, 0.15) is 38.2 Å². The minimum Gasteiger partial charge on any atom is -0.381 e. The predicted molar refractivity (Wildman–Crippen MR) is 136 cm³/mol. The smallest absolute Gasteiger partial charge is 0.381 e. The third kappa shape index (κ3) is 5.83. The maximum absolute atomic E-state index is 14.1. The summed E-state index contributed by atoms with van der Waals surface area (Å²) in [7, 11) is -1.53. The normalized spacial score (nSPS) is 23.9. The zero-order valence-corrected chi connectivity index (χ0v) is 22.8. The molecule has 4 rings (SSSR count). The molecule has 1 saturated heterocycles. The van der Waals surface area contributed by atoms with E-state index < -0.39 is 55.2 Å². The number of aryl methyl sites for hydroxylation is 1. The van der Waals surface area contributed by atoms with Crippen molar-refractivity contribution in [2.45, 2.75) is 60.6 Å². The van der Waals surface area contributed by atoms with Gasteiger partial charge >= 0.3 is 6.18 Å². The van der Waals surface area contributed by atoms with Crippen LogP contribution < -0.4 is 5.32 Å². The molecule has 3 atom stereocenters. The van der Waals surface area contributed by atoms with Crippen LogP contribution in [0.2, 0.25) is 0 Å². The van der Waals surface area contributed by atoms with Gasteiger partial charge in [0.15, 0.2) is 9.84 Å². The van der Waals surface area contributed by atoms with Crippen LogP contribution in [0.25, 0.3) is 11.1 Å².